The molecule has 0 fully saturated rings. The molecule has 0 aliphatic rings. The number of hydrogen-bond acceptors (Lipinski definition) is 3. The molecule has 0 bridgehead atoms. The predicted octanol–water partition coefficient (Wildman–Crippen LogP) is 1.21. The van der Waals surface area contributed by atoms with Gasteiger partial charge in [-0.3, -0.25) is 9.59 Å². The van der Waals surface area contributed by atoms with Gasteiger partial charge in [-0.15, -0.1) is 0 Å². The maximum Gasteiger partial charge on any atom is 0.270 e. The monoisotopic (exact) mass is 267 g/mol. The summed E-state index contributed by atoms with van der Waals surface area (Å²) in [6, 6.07) is 3.28. The second kappa shape index (κ2) is 6.82. The predicted molar refractivity (Wildman–Crippen MR) is 69.1 cm³/mol. The van der Waals surface area contributed by atoms with E-state index >= 15 is 0 Å². The zero-order valence-electron chi connectivity index (χ0n) is 11.3. The van der Waals surface area contributed by atoms with Crippen molar-refractivity contribution in [2.75, 3.05) is 13.1 Å². The normalized spacial score (nSPS) is 11.8. The largest absolute Gasteiger partial charge is 0.341 e. The standard InChI is InChI=1S/C13H18FN3O2/c1-4-17(5-2)13(19)9(3)15-12(18)10-7-6-8-11(14)16-10/h6-9H,4-5H2,1-3H3,(H,15,18). The van der Waals surface area contributed by atoms with E-state index in [9.17, 15) is 14.0 Å². The van der Waals surface area contributed by atoms with Crippen molar-refractivity contribution < 1.29 is 14.0 Å². The zero-order chi connectivity index (χ0) is 14.4. The molecule has 1 heterocycles. The van der Waals surface area contributed by atoms with Crippen LogP contribution < -0.4 is 5.32 Å². The first-order chi connectivity index (χ1) is 8.99. The van der Waals surface area contributed by atoms with E-state index < -0.39 is 17.9 Å². The van der Waals surface area contributed by atoms with E-state index in [0.717, 1.165) is 6.07 Å². The van der Waals surface area contributed by atoms with Gasteiger partial charge in [0.2, 0.25) is 11.9 Å². The fraction of sp³-hybridized carbons (Fsp3) is 0.462. The van der Waals surface area contributed by atoms with Crippen LogP contribution in [0.2, 0.25) is 0 Å². The zero-order valence-corrected chi connectivity index (χ0v) is 11.3. The lowest BCUT2D eigenvalue weighted by molar-refractivity contribution is -0.132. The van der Waals surface area contributed by atoms with Gasteiger partial charge in [-0.05, 0) is 32.9 Å². The van der Waals surface area contributed by atoms with Gasteiger partial charge in [-0.2, -0.15) is 4.39 Å². The van der Waals surface area contributed by atoms with Crippen molar-refractivity contribution in [3.8, 4) is 0 Å². The Labute approximate surface area is 111 Å². The molecule has 104 valence electrons. The molecule has 2 amide bonds. The van der Waals surface area contributed by atoms with Gasteiger partial charge in [0.25, 0.3) is 5.91 Å². The number of carbonyl (C=O) groups is 2. The SMILES string of the molecule is CCN(CC)C(=O)C(C)NC(=O)c1cccc(F)n1. The maximum absolute atomic E-state index is 12.9. The van der Waals surface area contributed by atoms with Gasteiger partial charge >= 0.3 is 0 Å². The third-order valence-corrected chi connectivity index (χ3v) is 2.74. The van der Waals surface area contributed by atoms with Crippen LogP contribution in [0.5, 0.6) is 0 Å². The van der Waals surface area contributed by atoms with E-state index in [-0.39, 0.29) is 11.6 Å². The molecule has 1 N–H and O–H groups in total. The lowest BCUT2D eigenvalue weighted by Gasteiger charge is -2.23. The van der Waals surface area contributed by atoms with Gasteiger partial charge in [-0.25, -0.2) is 4.98 Å². The van der Waals surface area contributed by atoms with Gasteiger partial charge in [0, 0.05) is 13.1 Å². The first-order valence-electron chi connectivity index (χ1n) is 6.21. The van der Waals surface area contributed by atoms with E-state index in [0.29, 0.717) is 13.1 Å². The number of hydrogen-bond donors (Lipinski definition) is 1. The van der Waals surface area contributed by atoms with Crippen molar-refractivity contribution in [3.63, 3.8) is 0 Å². The number of aromatic nitrogens is 1. The summed E-state index contributed by atoms with van der Waals surface area (Å²) in [6.45, 7) is 6.48. The molecule has 1 unspecified atom stereocenters. The summed E-state index contributed by atoms with van der Waals surface area (Å²) < 4.78 is 12.9. The minimum atomic E-state index is -0.727. The lowest BCUT2D eigenvalue weighted by atomic mass is 10.2. The molecule has 0 radical (unpaired) electrons. The van der Waals surface area contributed by atoms with Crippen molar-refractivity contribution in [3.05, 3.63) is 29.8 Å². The van der Waals surface area contributed by atoms with Crippen LogP contribution in [0.3, 0.4) is 0 Å². The lowest BCUT2D eigenvalue weighted by Crippen LogP contribution is -2.47. The molecule has 1 aromatic heterocycles. The topological polar surface area (TPSA) is 62.3 Å². The van der Waals surface area contributed by atoms with Gasteiger partial charge in [0.1, 0.15) is 11.7 Å². The van der Waals surface area contributed by atoms with E-state index in [1.807, 2.05) is 13.8 Å². The minimum absolute atomic E-state index is 0.0424. The van der Waals surface area contributed by atoms with Crippen LogP contribution >= 0.6 is 0 Å². The Morgan fingerprint density at radius 3 is 2.53 bits per heavy atom. The Hall–Kier alpha value is -1.98. The van der Waals surface area contributed by atoms with E-state index in [2.05, 4.69) is 10.3 Å². The molecule has 6 heteroatoms. The summed E-state index contributed by atoms with van der Waals surface area (Å²) in [7, 11) is 0. The number of nitrogens with zero attached hydrogens (tertiary/aromatic N) is 2. The number of nitrogens with one attached hydrogen (secondary N) is 1. The van der Waals surface area contributed by atoms with E-state index in [1.165, 1.54) is 12.1 Å². The highest BCUT2D eigenvalue weighted by atomic mass is 19.1. The Kier molecular flexibility index (Phi) is 5.41. The third-order valence-electron chi connectivity index (χ3n) is 2.74. The molecule has 0 aliphatic carbocycles. The molecule has 5 nitrogen and oxygen atoms in total. The summed E-state index contributed by atoms with van der Waals surface area (Å²) in [5, 5.41) is 2.51. The van der Waals surface area contributed by atoms with Crippen LogP contribution in [0.4, 0.5) is 4.39 Å². The Morgan fingerprint density at radius 1 is 1.37 bits per heavy atom. The number of carbonyl (C=O) groups excluding carboxylic acids is 2. The fourth-order valence-electron chi connectivity index (χ4n) is 1.68. The Morgan fingerprint density at radius 2 is 2.00 bits per heavy atom. The first-order valence-corrected chi connectivity index (χ1v) is 6.21. The molecular weight excluding hydrogens is 249 g/mol. The summed E-state index contributed by atoms with van der Waals surface area (Å²) in [5.74, 6) is -1.46. The molecule has 19 heavy (non-hydrogen) atoms. The number of likely N-dealkylation sites (N-methyl/N-ethyl adjacent to an activating group) is 1. The average Bonchev–Trinajstić information content (AvgIpc) is 2.39. The number of rotatable bonds is 5. The quantitative estimate of drug-likeness (QED) is 0.816. The number of halogens is 1. The highest BCUT2D eigenvalue weighted by Gasteiger charge is 2.21. The van der Waals surface area contributed by atoms with Crippen LogP contribution in [0.1, 0.15) is 31.3 Å². The van der Waals surface area contributed by atoms with Crippen LogP contribution in [0, 0.1) is 5.95 Å². The Bertz CT molecular complexity index is 461. The molecule has 1 rings (SSSR count). The maximum atomic E-state index is 12.9. The van der Waals surface area contributed by atoms with Crippen molar-refractivity contribution in [2.45, 2.75) is 26.8 Å². The molecular formula is C13H18FN3O2. The molecule has 0 aromatic carbocycles. The van der Waals surface area contributed by atoms with Gasteiger partial charge in [0.15, 0.2) is 0 Å². The van der Waals surface area contributed by atoms with E-state index in [4.69, 9.17) is 0 Å². The summed E-state index contributed by atoms with van der Waals surface area (Å²) in [6.07, 6.45) is 0. The van der Waals surface area contributed by atoms with Gasteiger partial charge in [0.05, 0.1) is 0 Å². The van der Waals surface area contributed by atoms with Crippen LogP contribution in [0.25, 0.3) is 0 Å². The highest BCUT2D eigenvalue weighted by Crippen LogP contribution is 2.00. The third kappa shape index (κ3) is 4.01. The van der Waals surface area contributed by atoms with Crippen molar-refractivity contribution >= 4 is 11.8 Å². The van der Waals surface area contributed by atoms with Crippen LogP contribution in [-0.2, 0) is 4.79 Å². The second-order valence-corrected chi connectivity index (χ2v) is 4.05. The number of pyridine rings is 1. The van der Waals surface area contributed by atoms with Crippen molar-refractivity contribution in [2.24, 2.45) is 0 Å². The second-order valence-electron chi connectivity index (χ2n) is 4.05. The summed E-state index contributed by atoms with van der Waals surface area (Å²) in [5.41, 5.74) is -0.0424. The first kappa shape index (κ1) is 15.1. The van der Waals surface area contributed by atoms with Gasteiger partial charge in [-0.1, -0.05) is 6.07 Å². The minimum Gasteiger partial charge on any atom is -0.341 e. The smallest absolute Gasteiger partial charge is 0.270 e. The molecule has 0 saturated carbocycles. The van der Waals surface area contributed by atoms with Crippen LogP contribution in [0.15, 0.2) is 18.2 Å². The Balaban J connectivity index is 2.69. The molecule has 0 spiro atoms. The summed E-state index contributed by atoms with van der Waals surface area (Å²) >= 11 is 0. The highest BCUT2D eigenvalue weighted by molar-refractivity contribution is 5.95. The molecule has 1 atom stereocenters. The van der Waals surface area contributed by atoms with Crippen molar-refractivity contribution in [1.29, 1.82) is 0 Å². The molecule has 0 saturated heterocycles. The van der Waals surface area contributed by atoms with Crippen LogP contribution in [-0.4, -0.2) is 40.8 Å². The average molecular weight is 267 g/mol. The molecule has 1 aromatic rings. The van der Waals surface area contributed by atoms with E-state index in [1.54, 1.807) is 11.8 Å². The molecule has 0 aliphatic heterocycles. The fourth-order valence-corrected chi connectivity index (χ4v) is 1.68. The van der Waals surface area contributed by atoms with Crippen molar-refractivity contribution in [1.82, 2.24) is 15.2 Å². The summed E-state index contributed by atoms with van der Waals surface area (Å²) in [4.78, 5) is 28.8. The van der Waals surface area contributed by atoms with Gasteiger partial charge < -0.3 is 10.2 Å². The number of amides is 2.